The van der Waals surface area contributed by atoms with Crippen LogP contribution in [0.15, 0.2) is 29.2 Å². The number of fused-ring (bicyclic) bond motifs is 3. The van der Waals surface area contributed by atoms with E-state index in [-0.39, 0.29) is 24.0 Å². The zero-order valence-corrected chi connectivity index (χ0v) is 19.1. The molecule has 2 amide bonds. The van der Waals surface area contributed by atoms with Gasteiger partial charge in [-0.1, -0.05) is 6.07 Å². The first-order chi connectivity index (χ1) is 14.8. The summed E-state index contributed by atoms with van der Waals surface area (Å²) < 4.78 is 16.1. The van der Waals surface area contributed by atoms with Crippen molar-refractivity contribution >= 4 is 34.4 Å². The van der Waals surface area contributed by atoms with Crippen LogP contribution >= 0.6 is 22.6 Å². The van der Waals surface area contributed by atoms with Gasteiger partial charge >= 0.3 is 0 Å². The van der Waals surface area contributed by atoms with Crippen molar-refractivity contribution < 1.29 is 19.1 Å². The van der Waals surface area contributed by atoms with Crippen molar-refractivity contribution in [2.75, 3.05) is 18.1 Å². The van der Waals surface area contributed by atoms with Crippen molar-refractivity contribution in [1.29, 1.82) is 0 Å². The quantitative estimate of drug-likeness (QED) is 0.580. The number of rotatable bonds is 4. The summed E-state index contributed by atoms with van der Waals surface area (Å²) in [7, 11) is 0. The van der Waals surface area contributed by atoms with Crippen molar-refractivity contribution in [2.24, 2.45) is 0 Å². The molecule has 0 bridgehead atoms. The fraction of sp³-hybridized carbons (Fsp3) is 0.381. The Hall–Kier alpha value is -2.63. The van der Waals surface area contributed by atoms with Gasteiger partial charge in [0.1, 0.15) is 17.5 Å². The van der Waals surface area contributed by atoms with Gasteiger partial charge in [-0.15, -0.1) is 0 Å². The minimum Gasteiger partial charge on any atom is -0.502 e. The van der Waals surface area contributed by atoms with Crippen molar-refractivity contribution in [3.8, 4) is 5.75 Å². The van der Waals surface area contributed by atoms with Crippen molar-refractivity contribution in [3.63, 3.8) is 0 Å². The van der Waals surface area contributed by atoms with Gasteiger partial charge in [0.05, 0.1) is 0 Å². The number of carbonyl (C=O) groups excluding carboxylic acids is 2. The van der Waals surface area contributed by atoms with E-state index in [9.17, 15) is 23.9 Å². The van der Waals surface area contributed by atoms with Crippen LogP contribution in [0.2, 0.25) is 0 Å². The van der Waals surface area contributed by atoms with Crippen LogP contribution in [0.3, 0.4) is 0 Å². The minimum absolute atomic E-state index is 0.111. The van der Waals surface area contributed by atoms with Gasteiger partial charge in [-0.25, -0.2) is 4.39 Å². The molecule has 0 unspecified atom stereocenters. The molecule has 3 heterocycles. The van der Waals surface area contributed by atoms with Gasteiger partial charge < -0.3 is 15.3 Å². The molecule has 10 heteroatoms. The zero-order chi connectivity index (χ0) is 22.3. The molecule has 1 aromatic carbocycles. The number of hydrogen-bond donors (Lipinski definition) is 2. The molecule has 0 spiro atoms. The highest BCUT2D eigenvalue weighted by atomic mass is 127. The third-order valence-corrected chi connectivity index (χ3v) is 6.79. The number of aromatic nitrogens is 1. The first kappa shape index (κ1) is 21.6. The van der Waals surface area contributed by atoms with Gasteiger partial charge in [0.25, 0.3) is 11.8 Å². The van der Waals surface area contributed by atoms with Crippen molar-refractivity contribution in [3.05, 3.63) is 60.8 Å². The molecule has 0 saturated carbocycles. The molecular weight excluding hydrogens is 518 g/mol. The van der Waals surface area contributed by atoms with Gasteiger partial charge in [0, 0.05) is 35.0 Å². The number of piperidine rings is 1. The Kier molecular flexibility index (Phi) is 5.91. The van der Waals surface area contributed by atoms with Crippen LogP contribution < -0.4 is 15.8 Å². The summed E-state index contributed by atoms with van der Waals surface area (Å²) in [6.45, 7) is 2.80. The molecule has 1 aromatic heterocycles. The summed E-state index contributed by atoms with van der Waals surface area (Å²) >= 11 is 1.97. The molecular formula is C21H22FIN4O4. The molecule has 2 aromatic rings. The number of nitrogens with zero attached hydrogens (tertiary/aromatic N) is 3. The second-order valence-electron chi connectivity index (χ2n) is 7.53. The standard InChI is InChI=1S/C21H22FIN4O4/c1-2-25-16-8-3-4-9-26(16)27-11-13(18(28)19(29)17(27)21(25)31)20(30)24-10-12-14(22)6-5-7-15(12)23/h5-7,11,16,29H,2-4,8-10H2,1H3,(H,24,30)/t16-/m0/s1. The molecule has 2 N–H and O–H groups in total. The fourth-order valence-electron chi connectivity index (χ4n) is 4.21. The third-order valence-electron chi connectivity index (χ3n) is 5.78. The van der Waals surface area contributed by atoms with E-state index in [1.807, 2.05) is 34.5 Å². The summed E-state index contributed by atoms with van der Waals surface area (Å²) in [4.78, 5) is 40.1. The average molecular weight is 540 g/mol. The largest absolute Gasteiger partial charge is 0.502 e. The molecule has 164 valence electrons. The lowest BCUT2D eigenvalue weighted by Crippen LogP contribution is -2.63. The predicted octanol–water partition coefficient (Wildman–Crippen LogP) is 2.15. The SMILES string of the molecule is CCN1C(=O)c2c(O)c(=O)c(C(=O)NCc3c(F)cccc3I)cn2N2CCCC[C@@H]12. The number of hydrogen-bond acceptors (Lipinski definition) is 5. The number of halogens is 2. The summed E-state index contributed by atoms with van der Waals surface area (Å²) in [6.07, 6.45) is 3.72. The topological polar surface area (TPSA) is 94.9 Å². The molecule has 2 aliphatic rings. The molecule has 2 aliphatic heterocycles. The predicted molar refractivity (Wildman–Crippen MR) is 120 cm³/mol. The Bertz CT molecular complexity index is 1100. The van der Waals surface area contributed by atoms with Crippen LogP contribution in [0.25, 0.3) is 0 Å². The second kappa shape index (κ2) is 8.48. The van der Waals surface area contributed by atoms with E-state index in [2.05, 4.69) is 5.32 Å². The first-order valence-electron chi connectivity index (χ1n) is 10.1. The number of carbonyl (C=O) groups is 2. The maximum absolute atomic E-state index is 14.1. The maximum Gasteiger partial charge on any atom is 0.278 e. The van der Waals surface area contributed by atoms with Crippen molar-refractivity contribution in [2.45, 2.75) is 38.9 Å². The van der Waals surface area contributed by atoms with Crippen LogP contribution in [0.5, 0.6) is 5.75 Å². The Morgan fingerprint density at radius 1 is 1.32 bits per heavy atom. The summed E-state index contributed by atoms with van der Waals surface area (Å²) in [5.74, 6) is -2.39. The molecule has 1 atom stereocenters. The van der Waals surface area contributed by atoms with E-state index in [0.717, 1.165) is 19.3 Å². The summed E-state index contributed by atoms with van der Waals surface area (Å²) in [6, 6.07) is 4.58. The molecule has 4 rings (SSSR count). The monoisotopic (exact) mass is 540 g/mol. The van der Waals surface area contributed by atoms with E-state index in [1.54, 1.807) is 17.0 Å². The van der Waals surface area contributed by atoms with Crippen molar-refractivity contribution in [1.82, 2.24) is 14.9 Å². The molecule has 0 radical (unpaired) electrons. The highest BCUT2D eigenvalue weighted by Crippen LogP contribution is 2.29. The van der Waals surface area contributed by atoms with Gasteiger partial charge in [-0.3, -0.25) is 24.1 Å². The lowest BCUT2D eigenvalue weighted by Gasteiger charge is -2.48. The molecule has 31 heavy (non-hydrogen) atoms. The van der Waals surface area contributed by atoms with Crippen LogP contribution in [-0.2, 0) is 6.54 Å². The van der Waals surface area contributed by atoms with E-state index in [1.165, 1.54) is 16.9 Å². The smallest absolute Gasteiger partial charge is 0.278 e. The zero-order valence-electron chi connectivity index (χ0n) is 16.9. The normalized spacial score (nSPS) is 17.9. The number of benzene rings is 1. The van der Waals surface area contributed by atoms with Crippen LogP contribution in [-0.4, -0.2) is 45.8 Å². The second-order valence-corrected chi connectivity index (χ2v) is 8.69. The lowest BCUT2D eigenvalue weighted by molar-refractivity contribution is 0.0534. The Balaban J connectivity index is 1.71. The number of amides is 2. The van der Waals surface area contributed by atoms with Crippen LogP contribution in [0.4, 0.5) is 4.39 Å². The first-order valence-corrected chi connectivity index (χ1v) is 11.2. The molecule has 0 aliphatic carbocycles. The Morgan fingerprint density at radius 2 is 2.10 bits per heavy atom. The van der Waals surface area contributed by atoms with Gasteiger partial charge in [0.15, 0.2) is 11.4 Å². The van der Waals surface area contributed by atoms with Gasteiger partial charge in [-0.05, 0) is 60.9 Å². The maximum atomic E-state index is 14.1. The number of aromatic hydroxyl groups is 1. The Morgan fingerprint density at radius 3 is 2.81 bits per heavy atom. The van der Waals surface area contributed by atoms with E-state index in [0.29, 0.717) is 22.2 Å². The highest BCUT2D eigenvalue weighted by Gasteiger charge is 2.40. The number of pyridine rings is 1. The third kappa shape index (κ3) is 3.66. The highest BCUT2D eigenvalue weighted by molar-refractivity contribution is 14.1. The van der Waals surface area contributed by atoms with E-state index >= 15 is 0 Å². The van der Waals surface area contributed by atoms with E-state index < -0.39 is 28.8 Å². The van der Waals surface area contributed by atoms with Crippen LogP contribution in [0, 0.1) is 9.39 Å². The van der Waals surface area contributed by atoms with Crippen LogP contribution in [0.1, 0.15) is 52.6 Å². The fourth-order valence-corrected chi connectivity index (χ4v) is 4.87. The van der Waals surface area contributed by atoms with Gasteiger partial charge in [-0.2, -0.15) is 0 Å². The molecule has 1 saturated heterocycles. The average Bonchev–Trinajstić information content (AvgIpc) is 2.75. The molecule has 1 fully saturated rings. The summed E-state index contributed by atoms with van der Waals surface area (Å²) in [5.41, 5.74) is -1.05. The summed E-state index contributed by atoms with van der Waals surface area (Å²) in [5, 5.41) is 15.0. The number of nitrogens with one attached hydrogen (secondary N) is 1. The van der Waals surface area contributed by atoms with E-state index in [4.69, 9.17) is 0 Å². The minimum atomic E-state index is -0.924. The Labute approximate surface area is 191 Å². The van der Waals surface area contributed by atoms with Gasteiger partial charge in [0.2, 0.25) is 5.43 Å². The molecule has 8 nitrogen and oxygen atoms in total. The lowest BCUT2D eigenvalue weighted by atomic mass is 10.1.